The van der Waals surface area contributed by atoms with E-state index in [1.807, 2.05) is 0 Å². The third-order valence-corrected chi connectivity index (χ3v) is 5.12. The normalized spacial score (nSPS) is 11.4. The zero-order valence-corrected chi connectivity index (χ0v) is 12.5. The Morgan fingerprint density at radius 3 is 1.53 bits per heavy atom. The average Bonchev–Trinajstić information content (AvgIpc) is 2.44. The second kappa shape index (κ2) is 4.70. The summed E-state index contributed by atoms with van der Waals surface area (Å²) in [6.07, 6.45) is 0. The molecule has 0 heterocycles. The molecule has 1 nitrogen and oxygen atoms in total. The topological polar surface area (TPSA) is 9.23 Å². The van der Waals surface area contributed by atoms with E-state index in [2.05, 4.69) is 61.6 Å². The summed E-state index contributed by atoms with van der Waals surface area (Å²) in [6.45, 7) is 4.71. The van der Waals surface area contributed by atoms with Gasteiger partial charge in [0.15, 0.2) is 0 Å². The Morgan fingerprint density at radius 1 is 0.737 bits per heavy atom. The lowest BCUT2D eigenvalue weighted by Crippen LogP contribution is -2.24. The molecule has 1 radical (unpaired) electrons. The van der Waals surface area contributed by atoms with Crippen LogP contribution in [0.5, 0.6) is 5.75 Å². The molecule has 3 aromatic rings. The van der Waals surface area contributed by atoms with Crippen LogP contribution in [0.3, 0.4) is 0 Å². The minimum absolute atomic E-state index is 0.542. The van der Waals surface area contributed by atoms with Crippen LogP contribution in [-0.4, -0.2) is 15.9 Å². The maximum absolute atomic E-state index is 5.69. The molecular formula is C17H17OSi. The van der Waals surface area contributed by atoms with Gasteiger partial charge in [0.25, 0.3) is 0 Å². The van der Waals surface area contributed by atoms with Gasteiger partial charge in [-0.3, -0.25) is 0 Å². The third-order valence-electron chi connectivity index (χ3n) is 3.59. The standard InChI is InChI=1S/C17H17OSi/c1-18-16-12-8-4-6-10-14(12)17(19(2)3)15-11-7-5-9-13(15)16/h4-11H,1-3H3. The number of benzene rings is 3. The van der Waals surface area contributed by atoms with Gasteiger partial charge in [-0.05, 0) is 16.0 Å². The van der Waals surface area contributed by atoms with E-state index < -0.39 is 8.80 Å². The van der Waals surface area contributed by atoms with Crippen molar-refractivity contribution in [2.24, 2.45) is 0 Å². The van der Waals surface area contributed by atoms with Crippen LogP contribution in [0.4, 0.5) is 0 Å². The molecule has 0 fully saturated rings. The SMILES string of the molecule is COc1c2ccccc2c([Si](C)C)c2ccccc12. The fourth-order valence-corrected chi connectivity index (χ4v) is 4.36. The second-order valence-electron chi connectivity index (χ2n) is 5.00. The number of methoxy groups -OCH3 is 1. The first kappa shape index (κ1) is 12.2. The van der Waals surface area contributed by atoms with E-state index in [1.54, 1.807) is 7.11 Å². The molecule has 0 spiro atoms. The number of fused-ring (bicyclic) bond motifs is 2. The highest BCUT2D eigenvalue weighted by molar-refractivity contribution is 6.76. The zero-order chi connectivity index (χ0) is 13.4. The van der Waals surface area contributed by atoms with Gasteiger partial charge < -0.3 is 4.74 Å². The Labute approximate surface area is 115 Å². The van der Waals surface area contributed by atoms with Crippen molar-refractivity contribution in [1.82, 2.24) is 0 Å². The fraction of sp³-hybridized carbons (Fsp3) is 0.176. The maximum atomic E-state index is 5.69. The summed E-state index contributed by atoms with van der Waals surface area (Å²) in [5.74, 6) is 0.998. The van der Waals surface area contributed by atoms with Crippen LogP contribution in [0.2, 0.25) is 13.1 Å². The van der Waals surface area contributed by atoms with Crippen molar-refractivity contribution < 1.29 is 4.74 Å². The number of hydrogen-bond donors (Lipinski definition) is 0. The minimum atomic E-state index is -0.542. The van der Waals surface area contributed by atoms with Crippen LogP contribution < -0.4 is 9.92 Å². The van der Waals surface area contributed by atoms with Crippen molar-refractivity contribution in [2.45, 2.75) is 13.1 Å². The highest BCUT2D eigenvalue weighted by Crippen LogP contribution is 2.33. The summed E-state index contributed by atoms with van der Waals surface area (Å²) in [5.41, 5.74) is 0. The molecule has 0 amide bonds. The molecule has 3 rings (SSSR count). The van der Waals surface area contributed by atoms with E-state index in [0.29, 0.717) is 0 Å². The second-order valence-corrected chi connectivity index (χ2v) is 7.50. The van der Waals surface area contributed by atoms with Crippen molar-refractivity contribution in [1.29, 1.82) is 0 Å². The predicted octanol–water partition coefficient (Wildman–Crippen LogP) is 3.96. The molecule has 0 atom stereocenters. The van der Waals surface area contributed by atoms with E-state index in [1.165, 1.54) is 26.7 Å². The van der Waals surface area contributed by atoms with Crippen molar-refractivity contribution in [3.05, 3.63) is 48.5 Å². The van der Waals surface area contributed by atoms with Crippen LogP contribution in [0.25, 0.3) is 21.5 Å². The molecule has 0 saturated heterocycles. The molecule has 0 aromatic heterocycles. The Kier molecular flexibility index (Phi) is 3.03. The van der Waals surface area contributed by atoms with Crippen molar-refractivity contribution in [3.63, 3.8) is 0 Å². The molecule has 0 bridgehead atoms. The van der Waals surface area contributed by atoms with Gasteiger partial charge in [0.05, 0.1) is 15.9 Å². The Bertz CT molecular complexity index is 690. The lowest BCUT2D eigenvalue weighted by atomic mass is 10.0. The van der Waals surface area contributed by atoms with Crippen LogP contribution in [0.1, 0.15) is 0 Å². The van der Waals surface area contributed by atoms with Crippen molar-refractivity contribution >= 4 is 35.5 Å². The molecule has 19 heavy (non-hydrogen) atoms. The predicted molar refractivity (Wildman–Crippen MR) is 85.1 cm³/mol. The molecule has 0 aliphatic carbocycles. The Hall–Kier alpha value is -1.80. The summed E-state index contributed by atoms with van der Waals surface area (Å²) in [4.78, 5) is 0. The van der Waals surface area contributed by atoms with Crippen LogP contribution in [-0.2, 0) is 0 Å². The highest BCUT2D eigenvalue weighted by atomic mass is 28.3. The molecule has 2 heteroatoms. The van der Waals surface area contributed by atoms with Gasteiger partial charge in [0, 0.05) is 10.8 Å². The number of hydrogen-bond acceptors (Lipinski definition) is 1. The van der Waals surface area contributed by atoms with Gasteiger partial charge in [-0.1, -0.05) is 61.6 Å². The molecule has 0 N–H and O–H groups in total. The minimum Gasteiger partial charge on any atom is -0.495 e. The van der Waals surface area contributed by atoms with E-state index in [-0.39, 0.29) is 0 Å². The van der Waals surface area contributed by atoms with E-state index in [4.69, 9.17) is 4.74 Å². The van der Waals surface area contributed by atoms with Gasteiger partial charge in [-0.2, -0.15) is 0 Å². The molecule has 95 valence electrons. The van der Waals surface area contributed by atoms with Crippen molar-refractivity contribution in [2.75, 3.05) is 7.11 Å². The van der Waals surface area contributed by atoms with E-state index in [9.17, 15) is 0 Å². The summed E-state index contributed by atoms with van der Waals surface area (Å²) in [6, 6.07) is 17.2. The quantitative estimate of drug-likeness (QED) is 0.503. The maximum Gasteiger partial charge on any atom is 0.134 e. The fourth-order valence-electron chi connectivity index (χ4n) is 2.85. The lowest BCUT2D eigenvalue weighted by molar-refractivity contribution is 0.424. The summed E-state index contributed by atoms with van der Waals surface area (Å²) in [7, 11) is 1.22. The molecular weight excluding hydrogens is 248 g/mol. The summed E-state index contributed by atoms with van der Waals surface area (Å²) < 4.78 is 5.69. The number of ether oxygens (including phenoxy) is 1. The zero-order valence-electron chi connectivity index (χ0n) is 11.5. The summed E-state index contributed by atoms with van der Waals surface area (Å²) in [5, 5.41) is 6.65. The van der Waals surface area contributed by atoms with Crippen LogP contribution in [0, 0.1) is 0 Å². The van der Waals surface area contributed by atoms with Gasteiger partial charge in [-0.15, -0.1) is 0 Å². The highest BCUT2D eigenvalue weighted by Gasteiger charge is 2.16. The van der Waals surface area contributed by atoms with Gasteiger partial charge in [-0.25, -0.2) is 0 Å². The lowest BCUT2D eigenvalue weighted by Gasteiger charge is -2.17. The van der Waals surface area contributed by atoms with Gasteiger partial charge >= 0.3 is 0 Å². The Morgan fingerprint density at radius 2 is 1.16 bits per heavy atom. The van der Waals surface area contributed by atoms with E-state index in [0.717, 1.165) is 5.75 Å². The molecule has 3 aromatic carbocycles. The third kappa shape index (κ3) is 1.83. The monoisotopic (exact) mass is 265 g/mol. The first-order valence-corrected chi connectivity index (χ1v) is 9.02. The first-order valence-electron chi connectivity index (χ1n) is 6.52. The molecule has 0 aliphatic rings. The Balaban J connectivity index is 2.61. The van der Waals surface area contributed by atoms with Crippen LogP contribution >= 0.6 is 0 Å². The average molecular weight is 265 g/mol. The smallest absolute Gasteiger partial charge is 0.134 e. The first-order chi connectivity index (χ1) is 9.24. The van der Waals surface area contributed by atoms with E-state index >= 15 is 0 Å². The van der Waals surface area contributed by atoms with Crippen LogP contribution in [0.15, 0.2) is 48.5 Å². The molecule has 0 unspecified atom stereocenters. The van der Waals surface area contributed by atoms with Gasteiger partial charge in [0.1, 0.15) is 5.75 Å². The largest absolute Gasteiger partial charge is 0.495 e. The summed E-state index contributed by atoms with van der Waals surface area (Å²) >= 11 is 0. The molecule has 0 aliphatic heterocycles. The molecule has 0 saturated carbocycles. The number of rotatable bonds is 2. The van der Waals surface area contributed by atoms with Gasteiger partial charge in [0.2, 0.25) is 0 Å². The van der Waals surface area contributed by atoms with Crippen molar-refractivity contribution in [3.8, 4) is 5.75 Å².